The van der Waals surface area contributed by atoms with Crippen LogP contribution in [0.25, 0.3) is 21.8 Å². The summed E-state index contributed by atoms with van der Waals surface area (Å²) in [6, 6.07) is 12.2. The summed E-state index contributed by atoms with van der Waals surface area (Å²) in [5, 5.41) is 27.0. The summed E-state index contributed by atoms with van der Waals surface area (Å²) in [7, 11) is 1.58. The van der Waals surface area contributed by atoms with Crippen molar-refractivity contribution in [1.29, 1.82) is 0 Å². The molecule has 0 aliphatic rings. The van der Waals surface area contributed by atoms with Gasteiger partial charge in [0.2, 0.25) is 0 Å². The van der Waals surface area contributed by atoms with Crippen molar-refractivity contribution in [3.63, 3.8) is 0 Å². The molecule has 0 aliphatic carbocycles. The number of hydrogen-bond donors (Lipinski definition) is 5. The van der Waals surface area contributed by atoms with Crippen LogP contribution >= 0.6 is 0 Å². The van der Waals surface area contributed by atoms with E-state index in [4.69, 9.17) is 0 Å². The Labute approximate surface area is 154 Å². The van der Waals surface area contributed by atoms with Gasteiger partial charge in [-0.15, -0.1) is 0 Å². The van der Waals surface area contributed by atoms with Crippen LogP contribution in [0.1, 0.15) is 16.1 Å². The standard InChI is InChI=1S/C20H18N4O3/c1-21-20(27)19-18-14(6-7-22-19)15-8-12(3-5-16(15)24-18)23-10-11-2-4-13(25)9-17(11)26/h2-9,23-26H,10H2,1H3,(H,21,27). The molecule has 0 aliphatic heterocycles. The van der Waals surface area contributed by atoms with E-state index >= 15 is 0 Å². The Hall–Kier alpha value is -3.74. The van der Waals surface area contributed by atoms with Crippen LogP contribution in [0.2, 0.25) is 0 Å². The second kappa shape index (κ2) is 6.53. The van der Waals surface area contributed by atoms with E-state index in [0.29, 0.717) is 23.3 Å². The number of rotatable bonds is 4. The maximum atomic E-state index is 12.0. The summed E-state index contributed by atoms with van der Waals surface area (Å²) in [4.78, 5) is 19.5. The first-order valence-electron chi connectivity index (χ1n) is 8.44. The Bertz CT molecular complexity index is 1170. The molecule has 136 valence electrons. The van der Waals surface area contributed by atoms with Crippen molar-refractivity contribution in [3.8, 4) is 11.5 Å². The van der Waals surface area contributed by atoms with Crippen LogP contribution in [-0.2, 0) is 6.54 Å². The van der Waals surface area contributed by atoms with Crippen molar-refractivity contribution in [1.82, 2.24) is 15.3 Å². The molecule has 4 aromatic rings. The molecule has 0 fully saturated rings. The van der Waals surface area contributed by atoms with Crippen LogP contribution in [0.5, 0.6) is 11.5 Å². The summed E-state index contributed by atoms with van der Waals surface area (Å²) in [5.74, 6) is -0.178. The van der Waals surface area contributed by atoms with E-state index in [9.17, 15) is 15.0 Å². The third kappa shape index (κ3) is 2.99. The monoisotopic (exact) mass is 362 g/mol. The largest absolute Gasteiger partial charge is 0.508 e. The predicted molar refractivity (Wildman–Crippen MR) is 104 cm³/mol. The number of H-pyrrole nitrogens is 1. The minimum atomic E-state index is -0.242. The smallest absolute Gasteiger partial charge is 0.271 e. The number of aromatic amines is 1. The van der Waals surface area contributed by atoms with Crippen molar-refractivity contribution in [3.05, 3.63) is 59.9 Å². The first kappa shape index (κ1) is 16.7. The summed E-state index contributed by atoms with van der Waals surface area (Å²) in [6.45, 7) is 0.408. The Kier molecular flexibility index (Phi) is 4.04. The average molecular weight is 362 g/mol. The van der Waals surface area contributed by atoms with Gasteiger partial charge in [0.25, 0.3) is 5.91 Å². The molecule has 0 spiro atoms. The van der Waals surface area contributed by atoms with Gasteiger partial charge in [0.15, 0.2) is 5.69 Å². The molecule has 2 heterocycles. The fourth-order valence-corrected chi connectivity index (χ4v) is 3.12. The number of nitrogens with zero attached hydrogens (tertiary/aromatic N) is 1. The van der Waals surface area contributed by atoms with Crippen molar-refractivity contribution >= 4 is 33.4 Å². The van der Waals surface area contributed by atoms with Crippen LogP contribution in [0.3, 0.4) is 0 Å². The van der Waals surface area contributed by atoms with E-state index < -0.39 is 0 Å². The molecule has 0 saturated carbocycles. The van der Waals surface area contributed by atoms with Crippen LogP contribution in [0.15, 0.2) is 48.7 Å². The molecule has 27 heavy (non-hydrogen) atoms. The van der Waals surface area contributed by atoms with Gasteiger partial charge in [0.1, 0.15) is 11.5 Å². The van der Waals surface area contributed by atoms with Crippen LogP contribution < -0.4 is 10.6 Å². The van der Waals surface area contributed by atoms with Gasteiger partial charge in [0, 0.05) is 53.4 Å². The number of anilines is 1. The zero-order chi connectivity index (χ0) is 19.0. The SMILES string of the molecule is CNC(=O)c1nccc2c1[nH]c1ccc(NCc3ccc(O)cc3O)cc12. The molecule has 2 aromatic heterocycles. The van der Waals surface area contributed by atoms with Crippen LogP contribution in [-0.4, -0.2) is 33.1 Å². The lowest BCUT2D eigenvalue weighted by Gasteiger charge is -2.09. The van der Waals surface area contributed by atoms with Crippen molar-refractivity contribution in [2.45, 2.75) is 6.54 Å². The molecular formula is C20H18N4O3. The maximum absolute atomic E-state index is 12.0. The summed E-state index contributed by atoms with van der Waals surface area (Å²) in [5.41, 5.74) is 3.50. The number of pyridine rings is 1. The Morgan fingerprint density at radius 2 is 1.96 bits per heavy atom. The number of aromatic hydroxyl groups is 2. The highest BCUT2D eigenvalue weighted by Gasteiger charge is 2.14. The van der Waals surface area contributed by atoms with Gasteiger partial charge in [-0.05, 0) is 36.4 Å². The molecule has 0 radical (unpaired) electrons. The zero-order valence-corrected chi connectivity index (χ0v) is 14.6. The maximum Gasteiger partial charge on any atom is 0.271 e. The van der Waals surface area contributed by atoms with Crippen LogP contribution in [0, 0.1) is 0 Å². The highest BCUT2D eigenvalue weighted by molar-refractivity contribution is 6.14. The van der Waals surface area contributed by atoms with E-state index in [2.05, 4.69) is 20.6 Å². The molecule has 2 aromatic carbocycles. The fraction of sp³-hybridized carbons (Fsp3) is 0.100. The van der Waals surface area contributed by atoms with E-state index in [0.717, 1.165) is 22.0 Å². The molecule has 0 bridgehead atoms. The first-order valence-corrected chi connectivity index (χ1v) is 8.44. The molecule has 5 N–H and O–H groups in total. The highest BCUT2D eigenvalue weighted by atomic mass is 16.3. The number of hydrogen-bond acceptors (Lipinski definition) is 5. The van der Waals surface area contributed by atoms with Gasteiger partial charge < -0.3 is 25.8 Å². The molecule has 0 unspecified atom stereocenters. The highest BCUT2D eigenvalue weighted by Crippen LogP contribution is 2.30. The number of benzene rings is 2. The van der Waals surface area contributed by atoms with Crippen molar-refractivity contribution in [2.75, 3.05) is 12.4 Å². The Balaban J connectivity index is 1.69. The fourth-order valence-electron chi connectivity index (χ4n) is 3.12. The Morgan fingerprint density at radius 3 is 2.74 bits per heavy atom. The normalized spacial score (nSPS) is 11.0. The molecule has 0 saturated heterocycles. The lowest BCUT2D eigenvalue weighted by Crippen LogP contribution is -2.19. The number of phenols is 2. The van der Waals surface area contributed by atoms with Crippen LogP contribution in [0.4, 0.5) is 5.69 Å². The average Bonchev–Trinajstić information content (AvgIpc) is 3.04. The number of nitrogens with one attached hydrogen (secondary N) is 3. The second-order valence-electron chi connectivity index (χ2n) is 6.21. The van der Waals surface area contributed by atoms with Gasteiger partial charge in [-0.3, -0.25) is 4.79 Å². The molecule has 4 rings (SSSR count). The summed E-state index contributed by atoms with van der Waals surface area (Å²) < 4.78 is 0. The minimum absolute atomic E-state index is 0.0250. The van der Waals surface area contributed by atoms with Crippen molar-refractivity contribution < 1.29 is 15.0 Å². The quantitative estimate of drug-likeness (QED) is 0.383. The van der Waals surface area contributed by atoms with Gasteiger partial charge >= 0.3 is 0 Å². The number of amides is 1. The summed E-state index contributed by atoms with van der Waals surface area (Å²) >= 11 is 0. The lowest BCUT2D eigenvalue weighted by molar-refractivity contribution is 0.0960. The lowest BCUT2D eigenvalue weighted by atomic mass is 10.1. The van der Waals surface area contributed by atoms with E-state index in [-0.39, 0.29) is 17.4 Å². The predicted octanol–water partition coefficient (Wildman–Crippen LogP) is 3.10. The van der Waals surface area contributed by atoms with Gasteiger partial charge in [-0.1, -0.05) is 0 Å². The minimum Gasteiger partial charge on any atom is -0.508 e. The number of phenolic OH excluding ortho intramolecular Hbond substituents is 2. The Morgan fingerprint density at radius 1 is 1.11 bits per heavy atom. The molecule has 0 atom stereocenters. The zero-order valence-electron chi connectivity index (χ0n) is 14.6. The molecule has 1 amide bonds. The van der Waals surface area contributed by atoms with E-state index in [1.54, 1.807) is 19.3 Å². The summed E-state index contributed by atoms with van der Waals surface area (Å²) in [6.07, 6.45) is 1.62. The number of fused-ring (bicyclic) bond motifs is 3. The van der Waals surface area contributed by atoms with Gasteiger partial charge in [-0.25, -0.2) is 4.98 Å². The number of aromatic nitrogens is 2. The second-order valence-corrected chi connectivity index (χ2v) is 6.21. The third-order valence-corrected chi connectivity index (χ3v) is 4.51. The van der Waals surface area contributed by atoms with E-state index in [1.165, 1.54) is 12.1 Å². The van der Waals surface area contributed by atoms with Gasteiger partial charge in [-0.2, -0.15) is 0 Å². The van der Waals surface area contributed by atoms with Crippen molar-refractivity contribution in [2.24, 2.45) is 0 Å². The van der Waals surface area contributed by atoms with Gasteiger partial charge in [0.05, 0.1) is 5.52 Å². The molecule has 7 nitrogen and oxygen atoms in total. The number of carbonyl (C=O) groups is 1. The van der Waals surface area contributed by atoms with E-state index in [1.807, 2.05) is 24.3 Å². The topological polar surface area (TPSA) is 110 Å². The number of carbonyl (C=O) groups excluding carboxylic acids is 1. The molecular weight excluding hydrogens is 344 g/mol. The first-order chi connectivity index (χ1) is 13.1. The molecule has 7 heteroatoms. The third-order valence-electron chi connectivity index (χ3n) is 4.51.